The second kappa shape index (κ2) is 6.01. The van der Waals surface area contributed by atoms with Gasteiger partial charge >= 0.3 is 6.09 Å². The molecule has 0 fully saturated rings. The maximum absolute atomic E-state index is 11.7. The maximum Gasteiger partial charge on any atom is 0.422 e. The number of amides is 1. The van der Waals surface area contributed by atoms with Crippen molar-refractivity contribution in [1.29, 1.82) is 0 Å². The molecule has 0 bridgehead atoms. The minimum atomic E-state index is -0.562. The zero-order valence-electron chi connectivity index (χ0n) is 12.6. The van der Waals surface area contributed by atoms with Gasteiger partial charge in [-0.3, -0.25) is 5.43 Å². The summed E-state index contributed by atoms with van der Waals surface area (Å²) < 4.78 is 12.4. The molecule has 2 N–H and O–H groups in total. The van der Waals surface area contributed by atoms with Gasteiger partial charge in [-0.05, 0) is 32.9 Å². The highest BCUT2D eigenvalue weighted by Crippen LogP contribution is 2.20. The van der Waals surface area contributed by atoms with Gasteiger partial charge in [-0.2, -0.15) is 0 Å². The normalized spacial score (nSPS) is 13.0. The number of aryl methyl sites for hydroxylation is 1. The summed E-state index contributed by atoms with van der Waals surface area (Å²) in [5.74, 6) is 1.35. The average molecular weight is 292 g/mol. The Balaban J connectivity index is 2.08. The molecule has 114 valence electrons. The van der Waals surface area contributed by atoms with E-state index in [0.29, 0.717) is 11.6 Å². The van der Waals surface area contributed by atoms with Crippen LogP contribution in [-0.2, 0) is 11.8 Å². The minimum absolute atomic E-state index is 0.410. The van der Waals surface area contributed by atoms with Gasteiger partial charge in [0.25, 0.3) is 0 Å². The fraction of sp³-hybridized carbons (Fsp3) is 0.429. The molecule has 1 unspecified atom stereocenters. The van der Waals surface area contributed by atoms with Crippen LogP contribution in [0.15, 0.2) is 35.2 Å². The molecule has 0 aromatic carbocycles. The molecular formula is C14H20N4O3. The number of nitrogens with one attached hydrogen (secondary N) is 2. The number of hydrogen-bond donors (Lipinski definition) is 2. The Morgan fingerprint density at radius 3 is 2.76 bits per heavy atom. The summed E-state index contributed by atoms with van der Waals surface area (Å²) in [6, 6.07) is 3.18. The number of nitrogens with zero attached hydrogens (tertiary/aromatic N) is 2. The molecule has 2 rings (SSSR count). The summed E-state index contributed by atoms with van der Waals surface area (Å²) in [5, 5.41) is 0. The first-order chi connectivity index (χ1) is 9.87. The summed E-state index contributed by atoms with van der Waals surface area (Å²) in [7, 11) is 1.87. The van der Waals surface area contributed by atoms with Crippen LogP contribution < -0.4 is 10.9 Å². The topological polar surface area (TPSA) is 81.3 Å². The van der Waals surface area contributed by atoms with Crippen molar-refractivity contribution in [2.24, 2.45) is 7.05 Å². The van der Waals surface area contributed by atoms with Crippen LogP contribution in [0.2, 0.25) is 0 Å². The lowest BCUT2D eigenvalue weighted by molar-refractivity contribution is 0.0489. The average Bonchev–Trinajstić information content (AvgIpc) is 3.00. The van der Waals surface area contributed by atoms with Gasteiger partial charge in [-0.1, -0.05) is 0 Å². The van der Waals surface area contributed by atoms with Crippen LogP contribution in [0.25, 0.3) is 0 Å². The zero-order chi connectivity index (χ0) is 15.5. The second-order valence-electron chi connectivity index (χ2n) is 5.62. The van der Waals surface area contributed by atoms with E-state index >= 15 is 0 Å². The summed E-state index contributed by atoms with van der Waals surface area (Å²) in [4.78, 5) is 16.0. The Labute approximate surface area is 123 Å². The second-order valence-corrected chi connectivity index (χ2v) is 5.62. The molecule has 7 nitrogen and oxygen atoms in total. The highest BCUT2D eigenvalue weighted by Gasteiger charge is 2.23. The first-order valence-electron chi connectivity index (χ1n) is 6.62. The van der Waals surface area contributed by atoms with E-state index in [1.54, 1.807) is 39.3 Å². The molecule has 0 radical (unpaired) electrons. The summed E-state index contributed by atoms with van der Waals surface area (Å²) >= 11 is 0. The first-order valence-corrected chi connectivity index (χ1v) is 6.62. The van der Waals surface area contributed by atoms with Gasteiger partial charge < -0.3 is 13.7 Å². The van der Waals surface area contributed by atoms with E-state index in [1.807, 2.05) is 23.9 Å². The van der Waals surface area contributed by atoms with Gasteiger partial charge in [0.2, 0.25) is 0 Å². The fourth-order valence-corrected chi connectivity index (χ4v) is 1.81. The van der Waals surface area contributed by atoms with Crippen molar-refractivity contribution in [2.45, 2.75) is 32.4 Å². The third-order valence-electron chi connectivity index (χ3n) is 2.66. The molecule has 1 amide bonds. The Kier molecular flexibility index (Phi) is 4.32. The molecular weight excluding hydrogens is 272 g/mol. The van der Waals surface area contributed by atoms with Crippen LogP contribution in [0.4, 0.5) is 4.79 Å². The Morgan fingerprint density at radius 1 is 1.48 bits per heavy atom. The van der Waals surface area contributed by atoms with E-state index in [0.717, 1.165) is 0 Å². The van der Waals surface area contributed by atoms with Crippen molar-refractivity contribution >= 4 is 6.09 Å². The van der Waals surface area contributed by atoms with Gasteiger partial charge in [0.15, 0.2) is 0 Å². The van der Waals surface area contributed by atoms with E-state index in [-0.39, 0.29) is 0 Å². The fourth-order valence-electron chi connectivity index (χ4n) is 1.81. The Bertz CT molecular complexity index is 584. The number of aromatic nitrogens is 2. The molecule has 2 aromatic rings. The lowest BCUT2D eigenvalue weighted by Crippen LogP contribution is -2.43. The van der Waals surface area contributed by atoms with E-state index in [9.17, 15) is 4.79 Å². The van der Waals surface area contributed by atoms with Crippen LogP contribution in [0.3, 0.4) is 0 Å². The molecule has 1 atom stereocenters. The van der Waals surface area contributed by atoms with Crippen LogP contribution in [-0.4, -0.2) is 21.2 Å². The van der Waals surface area contributed by atoms with E-state index < -0.39 is 17.7 Å². The number of ether oxygens (including phenoxy) is 1. The molecule has 21 heavy (non-hydrogen) atoms. The van der Waals surface area contributed by atoms with Crippen molar-refractivity contribution in [3.05, 3.63) is 42.4 Å². The zero-order valence-corrected chi connectivity index (χ0v) is 12.6. The van der Waals surface area contributed by atoms with Crippen LogP contribution in [0, 0.1) is 0 Å². The molecule has 0 aliphatic heterocycles. The van der Waals surface area contributed by atoms with Crippen molar-refractivity contribution in [3.63, 3.8) is 0 Å². The summed E-state index contributed by atoms with van der Waals surface area (Å²) in [6.07, 6.45) is 4.51. The van der Waals surface area contributed by atoms with E-state index in [2.05, 4.69) is 15.8 Å². The largest absolute Gasteiger partial charge is 0.467 e. The highest BCUT2D eigenvalue weighted by atomic mass is 16.6. The molecule has 0 saturated heterocycles. The van der Waals surface area contributed by atoms with Gasteiger partial charge in [0.05, 0.1) is 6.26 Å². The van der Waals surface area contributed by atoms with Crippen LogP contribution >= 0.6 is 0 Å². The lowest BCUT2D eigenvalue weighted by Gasteiger charge is -2.22. The predicted octanol–water partition coefficient (Wildman–Crippen LogP) is 2.13. The van der Waals surface area contributed by atoms with Crippen molar-refractivity contribution in [1.82, 2.24) is 20.4 Å². The van der Waals surface area contributed by atoms with E-state index in [1.165, 1.54) is 0 Å². The van der Waals surface area contributed by atoms with Gasteiger partial charge in [0.1, 0.15) is 23.2 Å². The quantitative estimate of drug-likeness (QED) is 0.844. The number of hydrazine groups is 1. The highest BCUT2D eigenvalue weighted by molar-refractivity contribution is 5.67. The number of hydrogen-bond acceptors (Lipinski definition) is 5. The number of carbonyl (C=O) groups excluding carboxylic acids is 1. The first kappa shape index (κ1) is 15.1. The maximum atomic E-state index is 11.7. The third-order valence-corrected chi connectivity index (χ3v) is 2.66. The van der Waals surface area contributed by atoms with Crippen molar-refractivity contribution in [3.8, 4) is 0 Å². The van der Waals surface area contributed by atoms with Crippen molar-refractivity contribution < 1.29 is 13.9 Å². The molecule has 7 heteroatoms. The van der Waals surface area contributed by atoms with Gasteiger partial charge in [0, 0.05) is 19.4 Å². The molecule has 2 heterocycles. The van der Waals surface area contributed by atoms with Crippen LogP contribution in [0.5, 0.6) is 0 Å². The Morgan fingerprint density at radius 2 is 2.24 bits per heavy atom. The van der Waals surface area contributed by atoms with E-state index in [4.69, 9.17) is 9.15 Å². The summed E-state index contributed by atoms with van der Waals surface area (Å²) in [5.41, 5.74) is 4.84. The van der Waals surface area contributed by atoms with Gasteiger partial charge in [-0.15, -0.1) is 0 Å². The molecule has 0 spiro atoms. The van der Waals surface area contributed by atoms with Gasteiger partial charge in [-0.25, -0.2) is 15.2 Å². The third kappa shape index (κ3) is 4.09. The lowest BCUT2D eigenvalue weighted by atomic mass is 10.2. The molecule has 0 saturated carbocycles. The number of carbonyl (C=O) groups is 1. The minimum Gasteiger partial charge on any atom is -0.467 e. The molecule has 0 aliphatic carbocycles. The monoisotopic (exact) mass is 292 g/mol. The van der Waals surface area contributed by atoms with Crippen LogP contribution in [0.1, 0.15) is 38.4 Å². The Hall–Kier alpha value is -2.28. The smallest absolute Gasteiger partial charge is 0.422 e. The molecule has 2 aromatic heterocycles. The number of furan rings is 1. The molecule has 0 aliphatic rings. The summed E-state index contributed by atoms with van der Waals surface area (Å²) in [6.45, 7) is 5.40. The van der Waals surface area contributed by atoms with Crippen molar-refractivity contribution in [2.75, 3.05) is 0 Å². The standard InChI is InChI=1S/C14H20N4O3/c1-14(2,3)21-13(19)17-16-11(10-6-5-9-20-10)12-15-7-8-18(12)4/h5-9,11,16H,1-4H3,(H,17,19). The number of rotatable bonds is 4. The predicted molar refractivity (Wildman–Crippen MR) is 76.3 cm³/mol. The SMILES string of the molecule is Cn1ccnc1C(NNC(=O)OC(C)(C)C)c1ccco1. The number of imidazole rings is 1.